The van der Waals surface area contributed by atoms with Crippen molar-refractivity contribution >= 4 is 33.4 Å². The van der Waals surface area contributed by atoms with E-state index in [9.17, 15) is 17.6 Å². The Morgan fingerprint density at radius 1 is 1.35 bits per heavy atom. The maximum Gasteiger partial charge on any atom is 0.304 e. The normalized spacial score (nSPS) is 21.8. The number of carbonyl (C=O) groups is 1. The average molecular weight is 470 g/mol. The summed E-state index contributed by atoms with van der Waals surface area (Å²) < 4.78 is 44.3. The van der Waals surface area contributed by atoms with Crippen LogP contribution in [0.3, 0.4) is 0 Å². The van der Waals surface area contributed by atoms with Crippen LogP contribution in [0.5, 0.6) is 0 Å². The second-order valence-corrected chi connectivity index (χ2v) is 9.99. The van der Waals surface area contributed by atoms with Crippen LogP contribution >= 0.6 is 11.6 Å². The molecule has 1 fully saturated rings. The fourth-order valence-corrected chi connectivity index (χ4v) is 6.03. The number of alkyl halides is 1. The van der Waals surface area contributed by atoms with Gasteiger partial charge in [0.05, 0.1) is 22.4 Å². The van der Waals surface area contributed by atoms with E-state index in [4.69, 9.17) is 16.9 Å². The molecule has 1 aliphatic heterocycles. The van der Waals surface area contributed by atoms with Crippen LogP contribution in [0, 0.1) is 11.3 Å². The lowest BCUT2D eigenvalue weighted by molar-refractivity contribution is 0.0959. The number of anilines is 1. The summed E-state index contributed by atoms with van der Waals surface area (Å²) in [7, 11) is -2.21. The van der Waals surface area contributed by atoms with Crippen LogP contribution in [0.25, 0.3) is 0 Å². The molecule has 0 spiro atoms. The quantitative estimate of drug-likeness (QED) is 0.732. The molecule has 2 heterocycles. The molecule has 0 aromatic carbocycles. The molecule has 0 saturated carbocycles. The van der Waals surface area contributed by atoms with E-state index in [-0.39, 0.29) is 41.0 Å². The molecule has 1 aromatic rings. The maximum atomic E-state index is 13.7. The zero-order chi connectivity index (χ0) is 22.9. The van der Waals surface area contributed by atoms with Gasteiger partial charge in [0.15, 0.2) is 0 Å². The molecular formula is C20H25ClFN5O3S. The van der Waals surface area contributed by atoms with Gasteiger partial charge in [0.2, 0.25) is 0 Å². The first kappa shape index (κ1) is 23.3. The SMILES string of the molecule is CC(C)N1CCCCN(c2cn(C)c(C(=O)NC3=CCC(F)C(C#N)=C3)c2Cl)S1(=O)=O. The first-order chi connectivity index (χ1) is 14.6. The number of nitrogens with one attached hydrogen (secondary N) is 1. The second kappa shape index (κ2) is 9.02. The number of aromatic nitrogens is 1. The van der Waals surface area contributed by atoms with E-state index in [1.165, 1.54) is 31.5 Å². The van der Waals surface area contributed by atoms with Crippen LogP contribution < -0.4 is 9.62 Å². The van der Waals surface area contributed by atoms with Gasteiger partial charge in [0.25, 0.3) is 5.91 Å². The van der Waals surface area contributed by atoms with Crippen molar-refractivity contribution in [2.24, 2.45) is 7.05 Å². The Bertz CT molecular complexity index is 1090. The summed E-state index contributed by atoms with van der Waals surface area (Å²) >= 11 is 6.51. The van der Waals surface area contributed by atoms with E-state index >= 15 is 0 Å². The van der Waals surface area contributed by atoms with E-state index in [0.717, 1.165) is 6.42 Å². The molecule has 1 N–H and O–H groups in total. The van der Waals surface area contributed by atoms with Crippen LogP contribution in [0.15, 0.2) is 29.6 Å². The van der Waals surface area contributed by atoms with Gasteiger partial charge < -0.3 is 9.88 Å². The van der Waals surface area contributed by atoms with Gasteiger partial charge in [-0.25, -0.2) is 4.39 Å². The molecule has 1 aliphatic carbocycles. The van der Waals surface area contributed by atoms with Crippen molar-refractivity contribution in [2.75, 3.05) is 17.4 Å². The third kappa shape index (κ3) is 4.49. The smallest absolute Gasteiger partial charge is 0.304 e. The third-order valence-electron chi connectivity index (χ3n) is 5.31. The Morgan fingerprint density at radius 2 is 2.03 bits per heavy atom. The number of nitriles is 1. The Hall–Kier alpha value is -2.35. The van der Waals surface area contributed by atoms with Crippen LogP contribution in [-0.2, 0) is 17.3 Å². The minimum atomic E-state index is -3.81. The molecule has 1 unspecified atom stereocenters. The number of nitrogens with zero attached hydrogens (tertiary/aromatic N) is 4. The van der Waals surface area contributed by atoms with Crippen molar-refractivity contribution in [1.29, 1.82) is 5.26 Å². The number of allylic oxidation sites excluding steroid dienone is 3. The van der Waals surface area contributed by atoms with E-state index < -0.39 is 22.3 Å². The molecule has 31 heavy (non-hydrogen) atoms. The standard InChI is InChI=1S/C20H25ClFN5O3S/c1-13(2)26-8-4-5-9-27(31(26,29)30)17-12-25(3)19(18(17)21)20(28)24-15-6-7-16(22)14(10-15)11-23/h6,10,12-13,16H,4-5,7-9H2,1-3H3,(H,24,28). The highest BCUT2D eigenvalue weighted by Gasteiger charge is 2.36. The summed E-state index contributed by atoms with van der Waals surface area (Å²) in [6.07, 6.45) is 4.26. The minimum absolute atomic E-state index is 0.0124. The van der Waals surface area contributed by atoms with E-state index in [0.29, 0.717) is 18.7 Å². The number of hydrogen-bond donors (Lipinski definition) is 1. The molecule has 0 bridgehead atoms. The van der Waals surface area contributed by atoms with Gasteiger partial charge in [-0.1, -0.05) is 17.7 Å². The number of aryl methyl sites for hydroxylation is 1. The molecule has 3 rings (SSSR count). The Morgan fingerprint density at radius 3 is 2.68 bits per heavy atom. The highest BCUT2D eigenvalue weighted by Crippen LogP contribution is 2.35. The van der Waals surface area contributed by atoms with Crippen LogP contribution in [0.1, 0.15) is 43.6 Å². The van der Waals surface area contributed by atoms with Gasteiger partial charge in [-0.05, 0) is 32.8 Å². The predicted molar refractivity (Wildman–Crippen MR) is 117 cm³/mol. The zero-order valence-electron chi connectivity index (χ0n) is 17.6. The van der Waals surface area contributed by atoms with Crippen LogP contribution in [0.2, 0.25) is 5.02 Å². The number of amides is 1. The maximum absolute atomic E-state index is 13.7. The Labute approximate surface area is 186 Å². The topological polar surface area (TPSA) is 98.4 Å². The van der Waals surface area contributed by atoms with Crippen molar-refractivity contribution in [1.82, 2.24) is 14.2 Å². The molecule has 1 amide bonds. The second-order valence-electron chi connectivity index (χ2n) is 7.81. The van der Waals surface area contributed by atoms with Crippen molar-refractivity contribution < 1.29 is 17.6 Å². The van der Waals surface area contributed by atoms with Gasteiger partial charge >= 0.3 is 10.2 Å². The van der Waals surface area contributed by atoms with Crippen molar-refractivity contribution in [2.45, 2.75) is 45.3 Å². The molecule has 8 nitrogen and oxygen atoms in total. The van der Waals surface area contributed by atoms with E-state index in [2.05, 4.69) is 5.32 Å². The van der Waals surface area contributed by atoms with Crippen molar-refractivity contribution in [3.63, 3.8) is 0 Å². The lowest BCUT2D eigenvalue weighted by atomic mass is 10.0. The monoisotopic (exact) mass is 469 g/mol. The van der Waals surface area contributed by atoms with Crippen molar-refractivity contribution in [3.05, 3.63) is 40.3 Å². The molecule has 11 heteroatoms. The number of rotatable bonds is 4. The lowest BCUT2D eigenvalue weighted by Gasteiger charge is -2.30. The summed E-state index contributed by atoms with van der Waals surface area (Å²) in [6, 6.07) is 1.57. The van der Waals surface area contributed by atoms with Crippen molar-refractivity contribution in [3.8, 4) is 6.07 Å². The summed E-state index contributed by atoms with van der Waals surface area (Å²) in [4.78, 5) is 12.9. The van der Waals surface area contributed by atoms with E-state index in [1.807, 2.05) is 13.8 Å². The van der Waals surface area contributed by atoms with Crippen LogP contribution in [-0.4, -0.2) is 48.5 Å². The van der Waals surface area contributed by atoms with Gasteiger partial charge in [-0.3, -0.25) is 9.10 Å². The first-order valence-electron chi connectivity index (χ1n) is 9.99. The van der Waals surface area contributed by atoms with Crippen LogP contribution in [0.4, 0.5) is 10.1 Å². The molecule has 1 saturated heterocycles. The minimum Gasteiger partial charge on any atom is -0.343 e. The average Bonchev–Trinajstić information content (AvgIpc) is 2.88. The molecule has 1 aromatic heterocycles. The summed E-state index contributed by atoms with van der Waals surface area (Å²) in [5, 5.41) is 11.6. The van der Waals surface area contributed by atoms with Gasteiger partial charge in [-0.15, -0.1) is 0 Å². The highest BCUT2D eigenvalue weighted by molar-refractivity contribution is 7.90. The first-order valence-corrected chi connectivity index (χ1v) is 11.8. The highest BCUT2D eigenvalue weighted by atomic mass is 35.5. The molecule has 1 atom stereocenters. The molecule has 168 valence electrons. The largest absolute Gasteiger partial charge is 0.343 e. The lowest BCUT2D eigenvalue weighted by Crippen LogP contribution is -2.45. The fourth-order valence-electron chi connectivity index (χ4n) is 3.72. The molecular weight excluding hydrogens is 445 g/mol. The van der Waals surface area contributed by atoms with E-state index in [1.54, 1.807) is 13.1 Å². The summed E-state index contributed by atoms with van der Waals surface area (Å²) in [5.74, 6) is -0.580. The number of hydrogen-bond acceptors (Lipinski definition) is 4. The third-order valence-corrected chi connectivity index (χ3v) is 7.81. The fraction of sp³-hybridized carbons (Fsp3) is 0.500. The Kier molecular flexibility index (Phi) is 6.79. The zero-order valence-corrected chi connectivity index (χ0v) is 19.2. The molecule has 2 aliphatic rings. The summed E-state index contributed by atoms with van der Waals surface area (Å²) in [6.45, 7) is 4.31. The molecule has 0 radical (unpaired) electrons. The predicted octanol–water partition coefficient (Wildman–Crippen LogP) is 3.04. The van der Waals surface area contributed by atoms with Gasteiger partial charge in [0.1, 0.15) is 11.9 Å². The van der Waals surface area contributed by atoms with Gasteiger partial charge in [-0.2, -0.15) is 18.0 Å². The Balaban J connectivity index is 1.93. The van der Waals surface area contributed by atoms with Gasteiger partial charge in [0, 0.05) is 44.5 Å². The summed E-state index contributed by atoms with van der Waals surface area (Å²) in [5.41, 5.74) is 0.530. The number of halogens is 2. The number of carbonyl (C=O) groups excluding carboxylic acids is 1.